The van der Waals surface area contributed by atoms with Crippen molar-refractivity contribution >= 4 is 17.6 Å². The van der Waals surface area contributed by atoms with E-state index in [0.717, 1.165) is 24.1 Å². The highest BCUT2D eigenvalue weighted by atomic mass is 16.4. The fourth-order valence-corrected chi connectivity index (χ4v) is 2.45. The predicted molar refractivity (Wildman–Crippen MR) is 73.0 cm³/mol. The lowest BCUT2D eigenvalue weighted by Crippen LogP contribution is -2.41. The van der Waals surface area contributed by atoms with Crippen LogP contribution in [-0.4, -0.2) is 17.0 Å². The molecule has 0 aliphatic heterocycles. The third-order valence-corrected chi connectivity index (χ3v) is 3.88. The topological polar surface area (TPSA) is 66.4 Å². The number of benzene rings is 1. The zero-order chi connectivity index (χ0) is 13.9. The fraction of sp³-hybridized carbons (Fsp3) is 0.467. The van der Waals surface area contributed by atoms with Crippen LogP contribution in [0, 0.1) is 5.41 Å². The summed E-state index contributed by atoms with van der Waals surface area (Å²) in [7, 11) is 0. The first-order chi connectivity index (χ1) is 9.05. The molecule has 1 aromatic rings. The molecule has 2 rings (SSSR count). The maximum atomic E-state index is 12.0. The number of rotatable bonds is 5. The molecule has 1 fully saturated rings. The largest absolute Gasteiger partial charge is 0.481 e. The van der Waals surface area contributed by atoms with Gasteiger partial charge in [0.15, 0.2) is 0 Å². The minimum atomic E-state index is -0.851. The number of anilines is 1. The molecule has 4 nitrogen and oxygen atoms in total. The van der Waals surface area contributed by atoms with Crippen LogP contribution in [0.5, 0.6) is 0 Å². The van der Waals surface area contributed by atoms with Crippen LogP contribution in [0.15, 0.2) is 24.3 Å². The van der Waals surface area contributed by atoms with Gasteiger partial charge in [-0.3, -0.25) is 9.59 Å². The second kappa shape index (κ2) is 5.43. The van der Waals surface area contributed by atoms with Gasteiger partial charge in [0.1, 0.15) is 0 Å². The summed E-state index contributed by atoms with van der Waals surface area (Å²) in [5, 5.41) is 12.0. The Bertz CT molecular complexity index is 492. The van der Waals surface area contributed by atoms with Crippen molar-refractivity contribution in [2.24, 2.45) is 5.41 Å². The average Bonchev–Trinajstić information content (AvgIpc) is 2.33. The van der Waals surface area contributed by atoms with Gasteiger partial charge in [0.25, 0.3) is 0 Å². The smallest absolute Gasteiger partial charge is 0.310 e. The van der Waals surface area contributed by atoms with Crippen LogP contribution >= 0.6 is 0 Å². The van der Waals surface area contributed by atoms with Crippen molar-refractivity contribution in [2.75, 3.05) is 5.32 Å². The van der Waals surface area contributed by atoms with Gasteiger partial charge < -0.3 is 10.4 Å². The van der Waals surface area contributed by atoms with E-state index >= 15 is 0 Å². The fourth-order valence-electron chi connectivity index (χ4n) is 2.45. The van der Waals surface area contributed by atoms with E-state index < -0.39 is 11.4 Å². The molecule has 0 atom stereocenters. The molecule has 0 unspecified atom stereocenters. The van der Waals surface area contributed by atoms with Crippen molar-refractivity contribution < 1.29 is 14.7 Å². The second-order valence-corrected chi connectivity index (χ2v) is 5.22. The molecule has 1 amide bonds. The van der Waals surface area contributed by atoms with Crippen LogP contribution in [0.2, 0.25) is 0 Å². The Hall–Kier alpha value is -1.84. The van der Waals surface area contributed by atoms with E-state index in [9.17, 15) is 14.7 Å². The molecular formula is C15H19NO3. The summed E-state index contributed by atoms with van der Waals surface area (Å²) < 4.78 is 0. The van der Waals surface area contributed by atoms with Gasteiger partial charge in [0.2, 0.25) is 5.91 Å². The van der Waals surface area contributed by atoms with Crippen LogP contribution in [-0.2, 0) is 16.0 Å². The highest BCUT2D eigenvalue weighted by molar-refractivity contribution is 5.94. The third kappa shape index (κ3) is 2.95. The summed E-state index contributed by atoms with van der Waals surface area (Å²) in [6.45, 7) is 2.05. The summed E-state index contributed by atoms with van der Waals surface area (Å²) in [5.41, 5.74) is 1.06. The number of hydrogen-bond donors (Lipinski definition) is 2. The average molecular weight is 261 g/mol. The number of carbonyl (C=O) groups excluding carboxylic acids is 1. The first-order valence-corrected chi connectivity index (χ1v) is 6.68. The Morgan fingerprint density at radius 2 is 2.11 bits per heavy atom. The molecule has 1 aromatic carbocycles. The lowest BCUT2D eigenvalue weighted by molar-refractivity contribution is -0.157. The molecule has 1 aliphatic carbocycles. The number of carboxylic acids is 1. The van der Waals surface area contributed by atoms with Crippen molar-refractivity contribution in [1.82, 2.24) is 0 Å². The standard InChI is InChI=1S/C15H19NO3/c1-2-11-5-3-6-12(9-11)16-13(17)10-15(14(18)19)7-4-8-15/h3,5-6,9H,2,4,7-8,10H2,1H3,(H,16,17)(H,18,19). The molecule has 2 N–H and O–H groups in total. The molecular weight excluding hydrogens is 242 g/mol. The van der Waals surface area contributed by atoms with E-state index in [1.807, 2.05) is 24.3 Å². The van der Waals surface area contributed by atoms with Crippen LogP contribution in [0.25, 0.3) is 0 Å². The number of carbonyl (C=O) groups is 2. The van der Waals surface area contributed by atoms with Crippen molar-refractivity contribution in [3.05, 3.63) is 29.8 Å². The number of aryl methyl sites for hydroxylation is 1. The Labute approximate surface area is 112 Å². The molecule has 0 bridgehead atoms. The van der Waals surface area contributed by atoms with E-state index in [1.54, 1.807) is 0 Å². The van der Waals surface area contributed by atoms with E-state index in [-0.39, 0.29) is 12.3 Å². The van der Waals surface area contributed by atoms with Gasteiger partial charge in [-0.05, 0) is 37.0 Å². The SMILES string of the molecule is CCc1cccc(NC(=O)CC2(C(=O)O)CCC2)c1. The summed E-state index contributed by atoms with van der Waals surface area (Å²) in [6, 6.07) is 7.64. The second-order valence-electron chi connectivity index (χ2n) is 5.22. The van der Waals surface area contributed by atoms with Crippen LogP contribution < -0.4 is 5.32 Å². The molecule has 19 heavy (non-hydrogen) atoms. The molecule has 0 aromatic heterocycles. The van der Waals surface area contributed by atoms with E-state index in [4.69, 9.17) is 0 Å². The predicted octanol–water partition coefficient (Wildman–Crippen LogP) is 2.83. The van der Waals surface area contributed by atoms with Crippen molar-refractivity contribution in [3.8, 4) is 0 Å². The summed E-state index contributed by atoms with van der Waals surface area (Å²) in [5.74, 6) is -1.06. The minimum Gasteiger partial charge on any atom is -0.481 e. The first kappa shape index (κ1) is 13.6. The monoisotopic (exact) mass is 261 g/mol. The molecule has 4 heteroatoms. The lowest BCUT2D eigenvalue weighted by Gasteiger charge is -2.36. The van der Waals surface area contributed by atoms with E-state index in [2.05, 4.69) is 12.2 Å². The minimum absolute atomic E-state index is 0.0681. The first-order valence-electron chi connectivity index (χ1n) is 6.68. The maximum absolute atomic E-state index is 12.0. The molecule has 0 saturated heterocycles. The Kier molecular flexibility index (Phi) is 3.88. The lowest BCUT2D eigenvalue weighted by atomic mass is 9.66. The van der Waals surface area contributed by atoms with Gasteiger partial charge in [-0.25, -0.2) is 0 Å². The van der Waals surface area contributed by atoms with Crippen molar-refractivity contribution in [2.45, 2.75) is 39.0 Å². The summed E-state index contributed by atoms with van der Waals surface area (Å²) >= 11 is 0. The van der Waals surface area contributed by atoms with E-state index in [1.165, 1.54) is 0 Å². The van der Waals surface area contributed by atoms with Gasteiger partial charge in [0, 0.05) is 12.1 Å². The summed E-state index contributed by atoms with van der Waals surface area (Å²) in [4.78, 5) is 23.2. The molecule has 1 aliphatic rings. The summed E-state index contributed by atoms with van der Waals surface area (Å²) in [6.07, 6.45) is 3.07. The molecule has 0 radical (unpaired) electrons. The zero-order valence-electron chi connectivity index (χ0n) is 11.1. The quantitative estimate of drug-likeness (QED) is 0.856. The Morgan fingerprint density at radius 3 is 2.63 bits per heavy atom. The van der Waals surface area contributed by atoms with Crippen LogP contribution in [0.4, 0.5) is 5.69 Å². The van der Waals surface area contributed by atoms with Gasteiger partial charge in [-0.1, -0.05) is 25.5 Å². The Balaban J connectivity index is 1.99. The normalized spacial score (nSPS) is 16.5. The number of hydrogen-bond acceptors (Lipinski definition) is 2. The third-order valence-electron chi connectivity index (χ3n) is 3.88. The highest BCUT2D eigenvalue weighted by Gasteiger charge is 2.45. The van der Waals surface area contributed by atoms with Crippen LogP contribution in [0.3, 0.4) is 0 Å². The van der Waals surface area contributed by atoms with Crippen molar-refractivity contribution in [3.63, 3.8) is 0 Å². The van der Waals surface area contributed by atoms with Gasteiger partial charge in [-0.2, -0.15) is 0 Å². The maximum Gasteiger partial charge on any atom is 0.310 e. The molecule has 1 saturated carbocycles. The number of aliphatic carboxylic acids is 1. The highest BCUT2D eigenvalue weighted by Crippen LogP contribution is 2.44. The number of carboxylic acid groups (broad SMARTS) is 1. The van der Waals surface area contributed by atoms with Crippen molar-refractivity contribution in [1.29, 1.82) is 0 Å². The zero-order valence-corrected chi connectivity index (χ0v) is 11.1. The molecule has 102 valence electrons. The van der Waals surface area contributed by atoms with Gasteiger partial charge in [0.05, 0.1) is 5.41 Å². The molecule has 0 spiro atoms. The van der Waals surface area contributed by atoms with E-state index in [0.29, 0.717) is 12.8 Å². The van der Waals surface area contributed by atoms with Gasteiger partial charge >= 0.3 is 5.97 Å². The van der Waals surface area contributed by atoms with Gasteiger partial charge in [-0.15, -0.1) is 0 Å². The number of amides is 1. The number of nitrogens with one attached hydrogen (secondary N) is 1. The molecule has 0 heterocycles. The Morgan fingerprint density at radius 1 is 1.37 bits per heavy atom. The van der Waals surface area contributed by atoms with Crippen LogP contribution in [0.1, 0.15) is 38.2 Å².